The number of nitrogens with zero attached hydrogens (tertiary/aromatic N) is 2. The van der Waals surface area contributed by atoms with Crippen molar-refractivity contribution in [2.45, 2.75) is 33.4 Å². The number of fused-ring (bicyclic) bond motifs is 1. The first-order chi connectivity index (χ1) is 15.0. The van der Waals surface area contributed by atoms with Crippen LogP contribution in [0.5, 0.6) is 5.75 Å². The highest BCUT2D eigenvalue weighted by Crippen LogP contribution is 2.25. The van der Waals surface area contributed by atoms with E-state index >= 15 is 0 Å². The largest absolute Gasteiger partial charge is 0.491 e. The molecule has 1 amide bonds. The number of carbonyl (C=O) groups excluding carboxylic acids is 1. The van der Waals surface area contributed by atoms with Gasteiger partial charge in [-0.25, -0.2) is 4.98 Å². The van der Waals surface area contributed by atoms with Crippen LogP contribution in [0, 0.1) is 6.92 Å². The summed E-state index contributed by atoms with van der Waals surface area (Å²) >= 11 is 0. The Labute approximate surface area is 182 Å². The Bertz CT molecular complexity index is 1200. The number of nitrogens with one attached hydrogen (secondary N) is 1. The molecule has 2 heterocycles. The minimum atomic E-state index is -0.141. The Hall–Kier alpha value is -3.73. The number of carbonyl (C=O) groups is 1. The SMILES string of the molecule is Cc1ccc2nc(-c3ccccn3)cc(C(=O)NCc3ccc(OC(C)C)cc3)c2c1. The van der Waals surface area contributed by atoms with Crippen LogP contribution in [0.15, 0.2) is 72.9 Å². The predicted molar refractivity (Wildman–Crippen MR) is 123 cm³/mol. The van der Waals surface area contributed by atoms with Crippen molar-refractivity contribution >= 4 is 16.8 Å². The van der Waals surface area contributed by atoms with Gasteiger partial charge in [0.1, 0.15) is 5.75 Å². The molecular weight excluding hydrogens is 386 g/mol. The Balaban J connectivity index is 1.61. The molecular formula is C26H25N3O2. The maximum Gasteiger partial charge on any atom is 0.252 e. The Morgan fingerprint density at radius 2 is 1.81 bits per heavy atom. The van der Waals surface area contributed by atoms with E-state index in [1.165, 1.54) is 0 Å². The maximum atomic E-state index is 13.2. The van der Waals surface area contributed by atoms with Gasteiger partial charge in [-0.15, -0.1) is 0 Å². The van der Waals surface area contributed by atoms with Crippen LogP contribution in [-0.4, -0.2) is 22.0 Å². The minimum Gasteiger partial charge on any atom is -0.491 e. The van der Waals surface area contributed by atoms with Crippen molar-refractivity contribution < 1.29 is 9.53 Å². The summed E-state index contributed by atoms with van der Waals surface area (Å²) in [6.07, 6.45) is 1.85. The third-order valence-corrected chi connectivity index (χ3v) is 4.88. The first kappa shape index (κ1) is 20.5. The fraction of sp³-hybridized carbons (Fsp3) is 0.192. The van der Waals surface area contributed by atoms with Crippen LogP contribution >= 0.6 is 0 Å². The molecule has 2 aromatic heterocycles. The van der Waals surface area contributed by atoms with E-state index in [1.54, 1.807) is 6.20 Å². The van der Waals surface area contributed by atoms with Gasteiger partial charge in [-0.3, -0.25) is 9.78 Å². The normalized spacial score (nSPS) is 11.0. The average molecular weight is 412 g/mol. The zero-order valence-corrected chi connectivity index (χ0v) is 17.9. The lowest BCUT2D eigenvalue weighted by atomic mass is 10.0. The molecule has 4 rings (SSSR count). The standard InChI is InChI=1S/C26H25N3O2/c1-17(2)31-20-10-8-19(9-11-20)16-28-26(30)22-15-25(24-6-4-5-13-27-24)29-23-12-7-18(3)14-21(22)23/h4-15,17H,16H2,1-3H3,(H,28,30). The van der Waals surface area contributed by atoms with Gasteiger partial charge in [-0.1, -0.05) is 29.8 Å². The van der Waals surface area contributed by atoms with Crippen molar-refractivity contribution in [2.75, 3.05) is 0 Å². The summed E-state index contributed by atoms with van der Waals surface area (Å²) in [7, 11) is 0. The molecule has 0 saturated carbocycles. The van der Waals surface area contributed by atoms with E-state index in [0.29, 0.717) is 17.8 Å². The summed E-state index contributed by atoms with van der Waals surface area (Å²) in [5.74, 6) is 0.679. The fourth-order valence-corrected chi connectivity index (χ4v) is 3.41. The van der Waals surface area contributed by atoms with Crippen LogP contribution in [0.2, 0.25) is 0 Å². The lowest BCUT2D eigenvalue weighted by Crippen LogP contribution is -2.23. The van der Waals surface area contributed by atoms with Gasteiger partial charge in [0, 0.05) is 18.1 Å². The third kappa shape index (κ3) is 4.89. The molecule has 0 aliphatic carbocycles. The predicted octanol–water partition coefficient (Wildman–Crippen LogP) is 5.32. The molecule has 156 valence electrons. The number of aromatic nitrogens is 2. The molecule has 31 heavy (non-hydrogen) atoms. The van der Waals surface area contributed by atoms with E-state index in [1.807, 2.05) is 87.5 Å². The summed E-state index contributed by atoms with van der Waals surface area (Å²) in [6, 6.07) is 21.2. The van der Waals surface area contributed by atoms with Gasteiger partial charge in [-0.2, -0.15) is 0 Å². The zero-order valence-electron chi connectivity index (χ0n) is 17.9. The second-order valence-corrected chi connectivity index (χ2v) is 7.78. The third-order valence-electron chi connectivity index (χ3n) is 4.88. The smallest absolute Gasteiger partial charge is 0.252 e. The van der Waals surface area contributed by atoms with Crippen molar-refractivity contribution in [2.24, 2.45) is 0 Å². The van der Waals surface area contributed by atoms with Crippen molar-refractivity contribution in [3.63, 3.8) is 0 Å². The van der Waals surface area contributed by atoms with E-state index in [0.717, 1.165) is 33.5 Å². The van der Waals surface area contributed by atoms with Gasteiger partial charge in [0.2, 0.25) is 0 Å². The highest BCUT2D eigenvalue weighted by atomic mass is 16.5. The minimum absolute atomic E-state index is 0.127. The van der Waals surface area contributed by atoms with Crippen LogP contribution in [0.25, 0.3) is 22.3 Å². The van der Waals surface area contributed by atoms with Gasteiger partial charge in [0.25, 0.3) is 5.91 Å². The molecule has 0 aliphatic heterocycles. The summed E-state index contributed by atoms with van der Waals surface area (Å²) in [4.78, 5) is 22.3. The van der Waals surface area contributed by atoms with Crippen molar-refractivity contribution in [3.8, 4) is 17.1 Å². The van der Waals surface area contributed by atoms with E-state index < -0.39 is 0 Å². The Kier molecular flexibility index (Phi) is 5.94. The van der Waals surface area contributed by atoms with Gasteiger partial charge in [0.05, 0.1) is 28.6 Å². The first-order valence-electron chi connectivity index (χ1n) is 10.4. The van der Waals surface area contributed by atoms with E-state index in [4.69, 9.17) is 9.72 Å². The van der Waals surface area contributed by atoms with Crippen LogP contribution in [-0.2, 0) is 6.54 Å². The van der Waals surface area contributed by atoms with Crippen LogP contribution < -0.4 is 10.1 Å². The Morgan fingerprint density at radius 3 is 2.52 bits per heavy atom. The highest BCUT2D eigenvalue weighted by molar-refractivity contribution is 6.07. The zero-order chi connectivity index (χ0) is 21.8. The molecule has 0 saturated heterocycles. The molecule has 0 bridgehead atoms. The van der Waals surface area contributed by atoms with Gasteiger partial charge < -0.3 is 10.1 Å². The maximum absolute atomic E-state index is 13.2. The van der Waals surface area contributed by atoms with Crippen molar-refractivity contribution in [1.82, 2.24) is 15.3 Å². The van der Waals surface area contributed by atoms with Gasteiger partial charge in [-0.05, 0) is 68.8 Å². The molecule has 0 fully saturated rings. The van der Waals surface area contributed by atoms with Gasteiger partial charge >= 0.3 is 0 Å². The number of hydrogen-bond acceptors (Lipinski definition) is 4. The molecule has 0 atom stereocenters. The lowest BCUT2D eigenvalue weighted by molar-refractivity contribution is 0.0952. The number of aryl methyl sites for hydroxylation is 1. The Morgan fingerprint density at radius 1 is 1.00 bits per heavy atom. The summed E-state index contributed by atoms with van der Waals surface area (Å²) in [5.41, 5.74) is 4.86. The highest BCUT2D eigenvalue weighted by Gasteiger charge is 2.15. The van der Waals surface area contributed by atoms with Crippen molar-refractivity contribution in [1.29, 1.82) is 0 Å². The molecule has 2 aromatic carbocycles. The number of rotatable bonds is 6. The molecule has 5 heteroatoms. The second kappa shape index (κ2) is 8.96. The van der Waals surface area contributed by atoms with Crippen LogP contribution in [0.3, 0.4) is 0 Å². The monoisotopic (exact) mass is 411 g/mol. The number of amides is 1. The van der Waals surface area contributed by atoms with E-state index in [2.05, 4.69) is 10.3 Å². The molecule has 0 spiro atoms. The summed E-state index contributed by atoms with van der Waals surface area (Å²) < 4.78 is 5.68. The molecule has 1 N–H and O–H groups in total. The number of benzene rings is 2. The molecule has 5 nitrogen and oxygen atoms in total. The number of hydrogen-bond donors (Lipinski definition) is 1. The topological polar surface area (TPSA) is 64.1 Å². The van der Waals surface area contributed by atoms with Gasteiger partial charge in [0.15, 0.2) is 0 Å². The number of pyridine rings is 2. The summed E-state index contributed by atoms with van der Waals surface area (Å²) in [6.45, 7) is 6.42. The average Bonchev–Trinajstić information content (AvgIpc) is 2.78. The second-order valence-electron chi connectivity index (χ2n) is 7.78. The molecule has 0 aliphatic rings. The quantitative estimate of drug-likeness (QED) is 0.466. The first-order valence-corrected chi connectivity index (χ1v) is 10.4. The van der Waals surface area contributed by atoms with Crippen LogP contribution in [0.4, 0.5) is 0 Å². The summed E-state index contributed by atoms with van der Waals surface area (Å²) in [5, 5.41) is 3.87. The van der Waals surface area contributed by atoms with Crippen molar-refractivity contribution in [3.05, 3.63) is 89.6 Å². The van der Waals surface area contributed by atoms with E-state index in [9.17, 15) is 4.79 Å². The van der Waals surface area contributed by atoms with E-state index in [-0.39, 0.29) is 12.0 Å². The molecule has 4 aromatic rings. The number of ether oxygens (including phenoxy) is 1. The molecule has 0 unspecified atom stereocenters. The van der Waals surface area contributed by atoms with Crippen LogP contribution in [0.1, 0.15) is 35.3 Å². The molecule has 0 radical (unpaired) electrons. The fourth-order valence-electron chi connectivity index (χ4n) is 3.41. The lowest BCUT2D eigenvalue weighted by Gasteiger charge is -2.12.